The van der Waals surface area contributed by atoms with Gasteiger partial charge in [0.15, 0.2) is 0 Å². The molecule has 0 aromatic heterocycles. The molecule has 11 heteroatoms. The summed E-state index contributed by atoms with van der Waals surface area (Å²) in [6.45, 7) is -0.995. The first-order valence-corrected chi connectivity index (χ1v) is 7.73. The number of benzene rings is 1. The number of nitro groups is 1. The molecule has 0 unspecified atom stereocenters. The lowest BCUT2D eigenvalue weighted by Gasteiger charge is -2.41. The summed E-state index contributed by atoms with van der Waals surface area (Å²) in [4.78, 5) is 21.4. The van der Waals surface area contributed by atoms with Crippen LogP contribution in [-0.2, 0) is 14.3 Å². The SMILES string of the molecule is CNC(=O)CO[C@H]1[C@@H](O)[C@@H](CO)O[C@H](Oc2ccc([N+](=O)[O-])cc2)[C@@H]1O. The van der Waals surface area contributed by atoms with Crippen molar-refractivity contribution in [2.24, 2.45) is 0 Å². The first-order valence-electron chi connectivity index (χ1n) is 7.73. The average molecular weight is 372 g/mol. The van der Waals surface area contributed by atoms with Gasteiger partial charge in [0.2, 0.25) is 12.2 Å². The summed E-state index contributed by atoms with van der Waals surface area (Å²) in [6, 6.07) is 5.05. The second-order valence-electron chi connectivity index (χ2n) is 5.52. The predicted octanol–water partition coefficient (Wildman–Crippen LogP) is -1.46. The molecule has 1 aromatic carbocycles. The van der Waals surface area contributed by atoms with Gasteiger partial charge in [-0.1, -0.05) is 0 Å². The Labute approximate surface area is 148 Å². The van der Waals surface area contributed by atoms with E-state index < -0.39 is 54.8 Å². The van der Waals surface area contributed by atoms with E-state index in [0.717, 1.165) is 0 Å². The maximum atomic E-state index is 11.3. The molecule has 1 amide bonds. The Balaban J connectivity index is 2.10. The Morgan fingerprint density at radius 2 is 1.96 bits per heavy atom. The second kappa shape index (κ2) is 8.87. The van der Waals surface area contributed by atoms with E-state index in [2.05, 4.69) is 5.32 Å². The van der Waals surface area contributed by atoms with E-state index in [4.69, 9.17) is 14.2 Å². The van der Waals surface area contributed by atoms with Crippen molar-refractivity contribution in [3.8, 4) is 5.75 Å². The lowest BCUT2D eigenvalue weighted by atomic mass is 9.99. The van der Waals surface area contributed by atoms with Crippen molar-refractivity contribution in [2.45, 2.75) is 30.7 Å². The van der Waals surface area contributed by atoms with Crippen LogP contribution in [0.4, 0.5) is 5.69 Å². The van der Waals surface area contributed by atoms with Gasteiger partial charge in [-0.25, -0.2) is 0 Å². The molecule has 1 aliphatic heterocycles. The van der Waals surface area contributed by atoms with Crippen LogP contribution in [0.5, 0.6) is 5.75 Å². The van der Waals surface area contributed by atoms with Crippen molar-refractivity contribution in [3.05, 3.63) is 34.4 Å². The molecule has 144 valence electrons. The quantitative estimate of drug-likeness (QED) is 0.331. The zero-order chi connectivity index (χ0) is 19.3. The number of ether oxygens (including phenoxy) is 3. The van der Waals surface area contributed by atoms with E-state index >= 15 is 0 Å². The number of nitrogens with one attached hydrogen (secondary N) is 1. The predicted molar refractivity (Wildman–Crippen MR) is 85.3 cm³/mol. The average Bonchev–Trinajstić information content (AvgIpc) is 2.64. The summed E-state index contributed by atoms with van der Waals surface area (Å²) < 4.78 is 16.0. The Kier molecular flexibility index (Phi) is 6.83. The monoisotopic (exact) mass is 372 g/mol. The molecule has 1 saturated heterocycles. The second-order valence-corrected chi connectivity index (χ2v) is 5.52. The van der Waals surface area contributed by atoms with Crippen LogP contribution in [0.2, 0.25) is 0 Å². The van der Waals surface area contributed by atoms with Crippen LogP contribution >= 0.6 is 0 Å². The maximum Gasteiger partial charge on any atom is 0.269 e. The molecule has 0 aliphatic carbocycles. The standard InChI is InChI=1S/C15H20N2O9/c1-16-11(19)7-24-14-12(20)10(6-18)26-15(13(14)21)25-9-4-2-8(3-5-9)17(22)23/h2-5,10,12-15,18,20-21H,6-7H2,1H3,(H,16,19)/t10-,12+,13-,14+,15+/m1/s1. The highest BCUT2D eigenvalue weighted by Gasteiger charge is 2.46. The number of likely N-dealkylation sites (N-methyl/N-ethyl adjacent to an activating group) is 1. The first-order chi connectivity index (χ1) is 12.4. The molecule has 2 rings (SSSR count). The molecule has 1 aromatic rings. The first kappa shape index (κ1) is 20.0. The number of carbonyl (C=O) groups excluding carboxylic acids is 1. The highest BCUT2D eigenvalue weighted by atomic mass is 16.7. The van der Waals surface area contributed by atoms with Crippen molar-refractivity contribution in [3.63, 3.8) is 0 Å². The Hall–Kier alpha value is -2.31. The molecule has 1 heterocycles. The van der Waals surface area contributed by atoms with Crippen molar-refractivity contribution in [1.82, 2.24) is 5.32 Å². The van der Waals surface area contributed by atoms with Crippen LogP contribution in [-0.4, -0.2) is 77.1 Å². The molecule has 0 bridgehead atoms. The molecule has 1 fully saturated rings. The lowest BCUT2D eigenvalue weighted by Crippen LogP contribution is -2.61. The molecule has 0 spiro atoms. The normalized spacial score (nSPS) is 28.4. The number of nitrogens with zero attached hydrogens (tertiary/aromatic N) is 1. The summed E-state index contributed by atoms with van der Waals surface area (Å²) >= 11 is 0. The van der Waals surface area contributed by atoms with Crippen LogP contribution < -0.4 is 10.1 Å². The van der Waals surface area contributed by atoms with Crippen molar-refractivity contribution in [1.29, 1.82) is 0 Å². The largest absolute Gasteiger partial charge is 0.462 e. The van der Waals surface area contributed by atoms with Gasteiger partial charge < -0.3 is 34.8 Å². The van der Waals surface area contributed by atoms with Crippen LogP contribution in [0, 0.1) is 10.1 Å². The minimum absolute atomic E-state index is 0.141. The zero-order valence-corrected chi connectivity index (χ0v) is 13.8. The van der Waals surface area contributed by atoms with Gasteiger partial charge in [-0.3, -0.25) is 14.9 Å². The van der Waals surface area contributed by atoms with Crippen molar-refractivity contribution >= 4 is 11.6 Å². The summed E-state index contributed by atoms with van der Waals surface area (Å²) in [5, 5.41) is 42.8. The number of nitro benzene ring substituents is 1. The smallest absolute Gasteiger partial charge is 0.269 e. The molecule has 0 saturated carbocycles. The molecule has 26 heavy (non-hydrogen) atoms. The maximum absolute atomic E-state index is 11.3. The van der Waals surface area contributed by atoms with Crippen LogP contribution in [0.15, 0.2) is 24.3 Å². The summed E-state index contributed by atoms with van der Waals surface area (Å²) in [6.07, 6.45) is -6.56. The highest BCUT2D eigenvalue weighted by Crippen LogP contribution is 2.27. The number of carbonyl (C=O) groups is 1. The van der Waals surface area contributed by atoms with Crippen LogP contribution in [0.1, 0.15) is 0 Å². The van der Waals surface area contributed by atoms with Gasteiger partial charge in [-0.2, -0.15) is 0 Å². The fourth-order valence-corrected chi connectivity index (χ4v) is 2.37. The van der Waals surface area contributed by atoms with E-state index in [1.54, 1.807) is 0 Å². The van der Waals surface area contributed by atoms with E-state index in [1.807, 2.05) is 0 Å². The van der Waals surface area contributed by atoms with E-state index in [-0.39, 0.29) is 11.4 Å². The molecule has 4 N–H and O–H groups in total. The fourth-order valence-electron chi connectivity index (χ4n) is 2.37. The molecule has 5 atom stereocenters. The number of hydrogen-bond acceptors (Lipinski definition) is 9. The minimum atomic E-state index is -1.48. The van der Waals surface area contributed by atoms with E-state index in [0.29, 0.717) is 0 Å². The zero-order valence-electron chi connectivity index (χ0n) is 13.8. The summed E-state index contributed by atoms with van der Waals surface area (Å²) in [7, 11) is 1.40. The Morgan fingerprint density at radius 1 is 1.31 bits per heavy atom. The summed E-state index contributed by atoms with van der Waals surface area (Å²) in [5.41, 5.74) is -0.141. The number of non-ortho nitro benzene ring substituents is 1. The molecular formula is C15H20N2O9. The third-order valence-corrected chi connectivity index (χ3v) is 3.81. The van der Waals surface area contributed by atoms with Gasteiger partial charge in [-0.05, 0) is 12.1 Å². The third kappa shape index (κ3) is 4.65. The number of aliphatic hydroxyl groups is 3. The van der Waals surface area contributed by atoms with Gasteiger partial charge in [-0.15, -0.1) is 0 Å². The van der Waals surface area contributed by atoms with Gasteiger partial charge in [0.05, 0.1) is 11.5 Å². The Morgan fingerprint density at radius 3 is 2.50 bits per heavy atom. The van der Waals surface area contributed by atoms with E-state index in [9.17, 15) is 30.2 Å². The number of aliphatic hydroxyl groups excluding tert-OH is 3. The van der Waals surface area contributed by atoms with Crippen molar-refractivity contribution < 1.29 is 39.2 Å². The van der Waals surface area contributed by atoms with Crippen LogP contribution in [0.3, 0.4) is 0 Å². The van der Waals surface area contributed by atoms with E-state index in [1.165, 1.54) is 31.3 Å². The fraction of sp³-hybridized carbons (Fsp3) is 0.533. The molecule has 11 nitrogen and oxygen atoms in total. The minimum Gasteiger partial charge on any atom is -0.462 e. The Bertz CT molecular complexity index is 624. The molecule has 1 aliphatic rings. The van der Waals surface area contributed by atoms with Gasteiger partial charge in [0, 0.05) is 19.2 Å². The number of hydrogen-bond donors (Lipinski definition) is 4. The lowest BCUT2D eigenvalue weighted by molar-refractivity contribution is -0.384. The highest BCUT2D eigenvalue weighted by molar-refractivity contribution is 5.76. The molecule has 0 radical (unpaired) electrons. The van der Waals surface area contributed by atoms with Crippen LogP contribution in [0.25, 0.3) is 0 Å². The number of amides is 1. The van der Waals surface area contributed by atoms with Gasteiger partial charge in [0.25, 0.3) is 5.69 Å². The third-order valence-electron chi connectivity index (χ3n) is 3.81. The number of rotatable bonds is 7. The van der Waals surface area contributed by atoms with Gasteiger partial charge in [0.1, 0.15) is 36.8 Å². The molecular weight excluding hydrogens is 352 g/mol. The topological polar surface area (TPSA) is 161 Å². The van der Waals surface area contributed by atoms with Gasteiger partial charge >= 0.3 is 0 Å². The van der Waals surface area contributed by atoms with Crippen molar-refractivity contribution in [2.75, 3.05) is 20.3 Å². The summed E-state index contributed by atoms with van der Waals surface area (Å²) in [5.74, 6) is -0.304.